The molecule has 1 heterocycles. The molecular weight excluding hydrogens is 284 g/mol. The zero-order valence-corrected chi connectivity index (χ0v) is 12.2. The Balaban J connectivity index is 2.40. The van der Waals surface area contributed by atoms with Crippen molar-refractivity contribution < 1.29 is 17.6 Å². The van der Waals surface area contributed by atoms with Crippen molar-refractivity contribution in [2.24, 2.45) is 7.05 Å². The molecule has 1 aromatic heterocycles. The number of nitrogens with zero attached hydrogens (tertiary/aromatic N) is 1. The Morgan fingerprint density at radius 1 is 1.45 bits per heavy atom. The number of fused-ring (bicyclic) bond motifs is 1. The lowest BCUT2D eigenvalue weighted by Gasteiger charge is -2.13. The van der Waals surface area contributed by atoms with Crippen LogP contribution in [0.2, 0.25) is 0 Å². The second-order valence-electron chi connectivity index (χ2n) is 4.53. The summed E-state index contributed by atoms with van der Waals surface area (Å²) in [6.45, 7) is 1.96. The van der Waals surface area contributed by atoms with Gasteiger partial charge in [-0.25, -0.2) is 17.9 Å². The molecule has 0 aliphatic rings. The summed E-state index contributed by atoms with van der Waals surface area (Å²) in [5, 5.41) is 0. The zero-order valence-electron chi connectivity index (χ0n) is 11.4. The van der Waals surface area contributed by atoms with Gasteiger partial charge in [-0.05, 0) is 19.1 Å². The summed E-state index contributed by atoms with van der Waals surface area (Å²) >= 11 is 0. The average molecular weight is 300 g/mol. The number of benzene rings is 1. The molecule has 0 aliphatic carbocycles. The normalized spacial score (nSPS) is 13.8. The van der Waals surface area contributed by atoms with Gasteiger partial charge in [0.05, 0.1) is 17.0 Å². The van der Waals surface area contributed by atoms with Gasteiger partial charge in [-0.15, -0.1) is 0 Å². The summed E-state index contributed by atoms with van der Waals surface area (Å²) in [7, 11) is -0.626. The molecule has 0 fully saturated rings. The van der Waals surface area contributed by atoms with Crippen LogP contribution in [0.1, 0.15) is 6.92 Å². The topological polar surface area (TPSA) is 90.5 Å². The lowest BCUT2D eigenvalue weighted by Crippen LogP contribution is -2.35. The van der Waals surface area contributed by atoms with Crippen LogP contribution in [-0.2, 0) is 21.8 Å². The predicted molar refractivity (Wildman–Crippen MR) is 73.1 cm³/mol. The van der Waals surface area contributed by atoms with Gasteiger partial charge in [-0.2, -0.15) is 0 Å². The van der Waals surface area contributed by atoms with Gasteiger partial charge in [-0.3, -0.25) is 4.57 Å². The molecule has 0 saturated heterocycles. The van der Waals surface area contributed by atoms with Gasteiger partial charge >= 0.3 is 5.76 Å². The van der Waals surface area contributed by atoms with E-state index in [9.17, 15) is 13.2 Å². The summed E-state index contributed by atoms with van der Waals surface area (Å²) < 4.78 is 38.0. The van der Waals surface area contributed by atoms with Crippen molar-refractivity contribution >= 4 is 21.1 Å². The van der Waals surface area contributed by atoms with E-state index < -0.39 is 15.8 Å². The first kappa shape index (κ1) is 14.8. The van der Waals surface area contributed by atoms with Crippen molar-refractivity contribution in [3.05, 3.63) is 28.7 Å². The quantitative estimate of drug-likeness (QED) is 0.865. The predicted octanol–water partition coefficient (Wildman–Crippen LogP) is 0.445. The number of aryl methyl sites for hydroxylation is 1. The monoisotopic (exact) mass is 300 g/mol. The highest BCUT2D eigenvalue weighted by Gasteiger charge is 2.19. The van der Waals surface area contributed by atoms with Crippen molar-refractivity contribution in [2.75, 3.05) is 13.7 Å². The molecule has 8 heteroatoms. The minimum atomic E-state index is -3.68. The van der Waals surface area contributed by atoms with Crippen LogP contribution in [-0.4, -0.2) is 32.7 Å². The van der Waals surface area contributed by atoms with Crippen molar-refractivity contribution in [3.8, 4) is 0 Å². The molecule has 2 aromatic rings. The SMILES string of the molecule is COC[C@H](C)NS(=O)(=O)c1ccc2c(c1)oc(=O)n2C. The Labute approximate surface area is 116 Å². The highest BCUT2D eigenvalue weighted by molar-refractivity contribution is 7.89. The van der Waals surface area contributed by atoms with Gasteiger partial charge in [0.15, 0.2) is 5.58 Å². The second kappa shape index (κ2) is 5.39. The van der Waals surface area contributed by atoms with E-state index >= 15 is 0 Å². The molecule has 0 amide bonds. The molecule has 0 radical (unpaired) electrons. The molecule has 1 atom stereocenters. The molecule has 0 spiro atoms. The summed E-state index contributed by atoms with van der Waals surface area (Å²) in [5.41, 5.74) is 0.777. The van der Waals surface area contributed by atoms with Crippen LogP contribution in [0.15, 0.2) is 32.3 Å². The van der Waals surface area contributed by atoms with Crippen molar-refractivity contribution in [3.63, 3.8) is 0 Å². The molecule has 110 valence electrons. The molecule has 0 bridgehead atoms. The first-order valence-corrected chi connectivity index (χ1v) is 7.44. The molecule has 7 nitrogen and oxygen atoms in total. The third-order valence-corrected chi connectivity index (χ3v) is 4.43. The van der Waals surface area contributed by atoms with Gasteiger partial charge in [0.2, 0.25) is 10.0 Å². The number of sulfonamides is 1. The zero-order chi connectivity index (χ0) is 14.9. The number of rotatable bonds is 5. The van der Waals surface area contributed by atoms with E-state index in [1.807, 2.05) is 0 Å². The Morgan fingerprint density at radius 3 is 2.80 bits per heavy atom. The van der Waals surface area contributed by atoms with E-state index in [0.29, 0.717) is 5.52 Å². The highest BCUT2D eigenvalue weighted by Crippen LogP contribution is 2.18. The van der Waals surface area contributed by atoms with E-state index in [1.54, 1.807) is 14.0 Å². The minimum Gasteiger partial charge on any atom is -0.408 e. The largest absolute Gasteiger partial charge is 0.419 e. The second-order valence-corrected chi connectivity index (χ2v) is 6.25. The maximum Gasteiger partial charge on any atom is 0.419 e. The smallest absolute Gasteiger partial charge is 0.408 e. The summed E-state index contributed by atoms with van der Waals surface area (Å²) in [5.74, 6) is -0.532. The number of oxazole rings is 1. The Kier molecular flexibility index (Phi) is 3.98. The fourth-order valence-corrected chi connectivity index (χ4v) is 3.14. The molecule has 1 N–H and O–H groups in total. The molecular formula is C12H16N2O5S. The summed E-state index contributed by atoms with van der Waals surface area (Å²) in [6, 6.07) is 3.94. The van der Waals surface area contributed by atoms with Gasteiger partial charge < -0.3 is 9.15 Å². The number of methoxy groups -OCH3 is 1. The lowest BCUT2D eigenvalue weighted by molar-refractivity contribution is 0.180. The number of nitrogens with one attached hydrogen (secondary N) is 1. The van der Waals surface area contributed by atoms with Crippen LogP contribution >= 0.6 is 0 Å². The first-order chi connectivity index (χ1) is 9.35. The molecule has 0 unspecified atom stereocenters. The van der Waals surface area contributed by atoms with Gasteiger partial charge in [0, 0.05) is 26.3 Å². The summed E-state index contributed by atoms with van der Waals surface area (Å²) in [6.07, 6.45) is 0. The Morgan fingerprint density at radius 2 is 2.15 bits per heavy atom. The molecule has 2 rings (SSSR count). The van der Waals surface area contributed by atoms with E-state index in [2.05, 4.69) is 4.72 Å². The maximum atomic E-state index is 12.2. The van der Waals surface area contributed by atoms with E-state index in [-0.39, 0.29) is 23.1 Å². The van der Waals surface area contributed by atoms with Crippen LogP contribution in [0.3, 0.4) is 0 Å². The number of hydrogen-bond acceptors (Lipinski definition) is 5. The Bertz CT molecular complexity index is 775. The number of ether oxygens (including phenoxy) is 1. The average Bonchev–Trinajstić information content (AvgIpc) is 2.64. The lowest BCUT2D eigenvalue weighted by atomic mass is 10.3. The Hall–Kier alpha value is -1.64. The highest BCUT2D eigenvalue weighted by atomic mass is 32.2. The third kappa shape index (κ3) is 2.77. The first-order valence-electron chi connectivity index (χ1n) is 5.96. The minimum absolute atomic E-state index is 0.0438. The maximum absolute atomic E-state index is 12.2. The third-order valence-electron chi connectivity index (χ3n) is 2.85. The molecule has 0 saturated carbocycles. The van der Waals surface area contributed by atoms with E-state index in [1.165, 1.54) is 29.9 Å². The van der Waals surface area contributed by atoms with Crippen LogP contribution in [0, 0.1) is 0 Å². The van der Waals surface area contributed by atoms with Crippen molar-refractivity contribution in [1.29, 1.82) is 0 Å². The van der Waals surface area contributed by atoms with Gasteiger partial charge in [0.1, 0.15) is 0 Å². The fourth-order valence-electron chi connectivity index (χ4n) is 1.90. The molecule has 20 heavy (non-hydrogen) atoms. The molecule has 0 aliphatic heterocycles. The van der Waals surface area contributed by atoms with E-state index in [4.69, 9.17) is 9.15 Å². The van der Waals surface area contributed by atoms with Crippen LogP contribution in [0.25, 0.3) is 11.1 Å². The van der Waals surface area contributed by atoms with Gasteiger partial charge in [-0.1, -0.05) is 0 Å². The number of aromatic nitrogens is 1. The van der Waals surface area contributed by atoms with E-state index in [0.717, 1.165) is 0 Å². The standard InChI is InChI=1S/C12H16N2O5S/c1-8(7-18-3)13-20(16,17)9-4-5-10-11(6-9)19-12(15)14(10)2/h4-6,8,13H,7H2,1-3H3/t8-/m0/s1. The fraction of sp³-hybridized carbons (Fsp3) is 0.417. The van der Waals surface area contributed by atoms with Crippen molar-refractivity contribution in [1.82, 2.24) is 9.29 Å². The van der Waals surface area contributed by atoms with Gasteiger partial charge in [0.25, 0.3) is 0 Å². The van der Waals surface area contributed by atoms with Crippen molar-refractivity contribution in [2.45, 2.75) is 17.9 Å². The molecule has 1 aromatic carbocycles. The number of hydrogen-bond donors (Lipinski definition) is 1. The summed E-state index contributed by atoms with van der Waals surface area (Å²) in [4.78, 5) is 11.4. The van der Waals surface area contributed by atoms with Crippen LogP contribution in [0.5, 0.6) is 0 Å². The van der Waals surface area contributed by atoms with Crippen LogP contribution in [0.4, 0.5) is 0 Å². The van der Waals surface area contributed by atoms with Crippen LogP contribution < -0.4 is 10.5 Å².